The summed E-state index contributed by atoms with van der Waals surface area (Å²) in [5, 5.41) is 0. The van der Waals surface area contributed by atoms with Crippen LogP contribution in [0.5, 0.6) is 0 Å². The van der Waals surface area contributed by atoms with Crippen molar-refractivity contribution in [3.63, 3.8) is 0 Å². The van der Waals surface area contributed by atoms with Crippen LogP contribution in [0.25, 0.3) is 0 Å². The van der Waals surface area contributed by atoms with Crippen molar-refractivity contribution in [2.75, 3.05) is 11.9 Å². The van der Waals surface area contributed by atoms with E-state index in [1.165, 1.54) is 0 Å². The second-order valence-corrected chi connectivity index (χ2v) is 5.55. The second kappa shape index (κ2) is 4.49. The van der Waals surface area contributed by atoms with Gasteiger partial charge in [0.25, 0.3) is 0 Å². The van der Waals surface area contributed by atoms with Crippen molar-refractivity contribution in [3.05, 3.63) is 30.3 Å². The van der Waals surface area contributed by atoms with Gasteiger partial charge in [0.1, 0.15) is 0 Å². The summed E-state index contributed by atoms with van der Waals surface area (Å²) in [7, 11) is 1.78. The molecule has 2 N–H and O–H groups in total. The van der Waals surface area contributed by atoms with Gasteiger partial charge in [0.05, 0.1) is 5.41 Å². The first-order valence-electron chi connectivity index (χ1n) is 5.80. The number of nitrogens with two attached hydrogens (primary N) is 1. The SMILES string of the molecule is CN(C(=O)C(C)(C)C(C)(C)N)c1ccccc1. The molecule has 0 aromatic heterocycles. The summed E-state index contributed by atoms with van der Waals surface area (Å²) in [5.41, 5.74) is 5.79. The number of carbonyl (C=O) groups is 1. The third kappa shape index (κ3) is 2.67. The van der Waals surface area contributed by atoms with Gasteiger partial charge < -0.3 is 10.6 Å². The van der Waals surface area contributed by atoms with E-state index in [0.29, 0.717) is 0 Å². The predicted octanol–water partition coefficient (Wildman–Crippen LogP) is 2.41. The van der Waals surface area contributed by atoms with Crippen LogP contribution in [0.15, 0.2) is 30.3 Å². The zero-order valence-electron chi connectivity index (χ0n) is 11.3. The zero-order chi connectivity index (χ0) is 13.3. The van der Waals surface area contributed by atoms with Crippen LogP contribution in [0.4, 0.5) is 5.69 Å². The Morgan fingerprint density at radius 1 is 1.12 bits per heavy atom. The minimum absolute atomic E-state index is 0.0243. The minimum atomic E-state index is -0.614. The van der Waals surface area contributed by atoms with Crippen LogP contribution in [0.1, 0.15) is 27.7 Å². The van der Waals surface area contributed by atoms with Crippen molar-refractivity contribution < 1.29 is 4.79 Å². The number of amides is 1. The van der Waals surface area contributed by atoms with Crippen LogP contribution in [-0.2, 0) is 4.79 Å². The maximum Gasteiger partial charge on any atom is 0.234 e. The Hall–Kier alpha value is -1.35. The van der Waals surface area contributed by atoms with Crippen molar-refractivity contribution in [2.24, 2.45) is 11.1 Å². The molecule has 0 heterocycles. The van der Waals surface area contributed by atoms with Crippen molar-refractivity contribution in [2.45, 2.75) is 33.2 Å². The average Bonchev–Trinajstić information content (AvgIpc) is 2.26. The Bertz CT molecular complexity index is 390. The van der Waals surface area contributed by atoms with E-state index < -0.39 is 11.0 Å². The summed E-state index contributed by atoms with van der Waals surface area (Å²) < 4.78 is 0. The fourth-order valence-electron chi connectivity index (χ4n) is 1.46. The molecule has 1 aromatic carbocycles. The summed E-state index contributed by atoms with van der Waals surface area (Å²) in [6.07, 6.45) is 0. The standard InChI is InChI=1S/C14H22N2O/c1-13(2,14(3,4)15)12(17)16(5)11-9-7-6-8-10-11/h6-10H,15H2,1-5H3. The van der Waals surface area contributed by atoms with Crippen LogP contribution in [-0.4, -0.2) is 18.5 Å². The molecule has 0 unspecified atom stereocenters. The van der Waals surface area contributed by atoms with Crippen molar-refractivity contribution in [1.29, 1.82) is 0 Å². The third-order valence-electron chi connectivity index (χ3n) is 3.59. The Morgan fingerprint density at radius 3 is 2.00 bits per heavy atom. The maximum absolute atomic E-state index is 12.5. The van der Waals surface area contributed by atoms with Gasteiger partial charge in [-0.1, -0.05) is 18.2 Å². The van der Waals surface area contributed by atoms with Crippen LogP contribution >= 0.6 is 0 Å². The number of benzene rings is 1. The molecule has 0 fully saturated rings. The van der Waals surface area contributed by atoms with E-state index in [9.17, 15) is 4.79 Å². The molecule has 1 amide bonds. The Labute approximate surface area is 104 Å². The summed E-state index contributed by atoms with van der Waals surface area (Å²) in [6.45, 7) is 7.52. The van der Waals surface area contributed by atoms with Crippen molar-refractivity contribution in [3.8, 4) is 0 Å². The average molecular weight is 234 g/mol. The number of hydrogen-bond donors (Lipinski definition) is 1. The van der Waals surface area contributed by atoms with Crippen LogP contribution in [0, 0.1) is 5.41 Å². The maximum atomic E-state index is 12.5. The zero-order valence-corrected chi connectivity index (χ0v) is 11.3. The molecular formula is C14H22N2O. The molecular weight excluding hydrogens is 212 g/mol. The lowest BCUT2D eigenvalue weighted by atomic mass is 9.74. The van der Waals surface area contributed by atoms with E-state index in [1.807, 2.05) is 58.0 Å². The number of hydrogen-bond acceptors (Lipinski definition) is 2. The predicted molar refractivity (Wildman–Crippen MR) is 71.9 cm³/mol. The molecule has 0 saturated heterocycles. The first kappa shape index (κ1) is 13.7. The molecule has 0 atom stereocenters. The highest BCUT2D eigenvalue weighted by Crippen LogP contribution is 2.31. The number of anilines is 1. The molecule has 0 aliphatic rings. The lowest BCUT2D eigenvalue weighted by Crippen LogP contribution is -2.56. The molecule has 0 bridgehead atoms. The van der Waals surface area contributed by atoms with Gasteiger partial charge >= 0.3 is 0 Å². The molecule has 3 nitrogen and oxygen atoms in total. The highest BCUT2D eigenvalue weighted by atomic mass is 16.2. The highest BCUT2D eigenvalue weighted by molar-refractivity contribution is 5.97. The van der Waals surface area contributed by atoms with Gasteiger partial charge in [-0.2, -0.15) is 0 Å². The molecule has 1 rings (SSSR count). The highest BCUT2D eigenvalue weighted by Gasteiger charge is 2.42. The number of para-hydroxylation sites is 1. The van der Waals surface area contributed by atoms with Gasteiger partial charge in [-0.05, 0) is 39.8 Å². The first-order chi connectivity index (χ1) is 7.68. The van der Waals surface area contributed by atoms with E-state index in [2.05, 4.69) is 0 Å². The summed E-state index contributed by atoms with van der Waals surface area (Å²) in [4.78, 5) is 14.1. The summed E-state index contributed by atoms with van der Waals surface area (Å²) in [5.74, 6) is 0.0243. The molecule has 0 radical (unpaired) electrons. The van der Waals surface area contributed by atoms with Gasteiger partial charge in [-0.25, -0.2) is 0 Å². The van der Waals surface area contributed by atoms with E-state index in [4.69, 9.17) is 5.73 Å². The quantitative estimate of drug-likeness (QED) is 0.873. The van der Waals surface area contributed by atoms with Gasteiger partial charge in [-0.3, -0.25) is 4.79 Å². The van der Waals surface area contributed by atoms with Crippen LogP contribution in [0.3, 0.4) is 0 Å². The van der Waals surface area contributed by atoms with E-state index in [1.54, 1.807) is 11.9 Å². The fraction of sp³-hybridized carbons (Fsp3) is 0.500. The minimum Gasteiger partial charge on any atom is -0.325 e. The molecule has 0 spiro atoms. The lowest BCUT2D eigenvalue weighted by molar-refractivity contribution is -0.129. The van der Waals surface area contributed by atoms with Gasteiger partial charge in [-0.15, -0.1) is 0 Å². The largest absolute Gasteiger partial charge is 0.325 e. The summed E-state index contributed by atoms with van der Waals surface area (Å²) in [6, 6.07) is 9.59. The van der Waals surface area contributed by atoms with E-state index >= 15 is 0 Å². The Balaban J connectivity index is 2.99. The van der Waals surface area contributed by atoms with Gasteiger partial charge in [0.15, 0.2) is 0 Å². The summed E-state index contributed by atoms with van der Waals surface area (Å²) >= 11 is 0. The Kier molecular flexibility index (Phi) is 3.62. The molecule has 0 aliphatic heterocycles. The molecule has 0 aliphatic carbocycles. The molecule has 17 heavy (non-hydrogen) atoms. The van der Waals surface area contributed by atoms with Gasteiger partial charge in [0, 0.05) is 18.3 Å². The fourth-order valence-corrected chi connectivity index (χ4v) is 1.46. The normalized spacial score (nSPS) is 12.4. The van der Waals surface area contributed by atoms with Gasteiger partial charge in [0.2, 0.25) is 5.91 Å². The van der Waals surface area contributed by atoms with E-state index in [0.717, 1.165) is 5.69 Å². The number of carbonyl (C=O) groups excluding carboxylic acids is 1. The topological polar surface area (TPSA) is 46.3 Å². The van der Waals surface area contributed by atoms with E-state index in [-0.39, 0.29) is 5.91 Å². The van der Waals surface area contributed by atoms with Crippen LogP contribution < -0.4 is 10.6 Å². The molecule has 1 aromatic rings. The molecule has 94 valence electrons. The van der Waals surface area contributed by atoms with Crippen LogP contribution in [0.2, 0.25) is 0 Å². The lowest BCUT2D eigenvalue weighted by Gasteiger charge is -2.39. The molecule has 3 heteroatoms. The first-order valence-corrected chi connectivity index (χ1v) is 5.80. The molecule has 0 saturated carbocycles. The smallest absolute Gasteiger partial charge is 0.234 e. The number of rotatable bonds is 3. The van der Waals surface area contributed by atoms with Crippen molar-refractivity contribution >= 4 is 11.6 Å². The number of nitrogens with zero attached hydrogens (tertiary/aromatic N) is 1. The second-order valence-electron chi connectivity index (χ2n) is 5.55. The third-order valence-corrected chi connectivity index (χ3v) is 3.59. The van der Waals surface area contributed by atoms with Crippen molar-refractivity contribution in [1.82, 2.24) is 0 Å². The monoisotopic (exact) mass is 234 g/mol. The Morgan fingerprint density at radius 2 is 1.59 bits per heavy atom.